The third-order valence-corrected chi connectivity index (χ3v) is 4.69. The van der Waals surface area contributed by atoms with E-state index < -0.39 is 5.91 Å². The maximum absolute atomic E-state index is 11.3. The summed E-state index contributed by atoms with van der Waals surface area (Å²) in [6.45, 7) is 7.85. The minimum atomic E-state index is -0.570. The molecule has 1 amide bonds. The molecule has 0 bridgehead atoms. The van der Waals surface area contributed by atoms with Crippen LogP contribution in [-0.4, -0.2) is 9.81 Å². The van der Waals surface area contributed by atoms with Crippen LogP contribution in [0.4, 0.5) is 0 Å². The molecule has 2 N–H and O–H groups in total. The molecule has 0 aliphatic heterocycles. The van der Waals surface area contributed by atoms with Crippen molar-refractivity contribution in [2.24, 2.45) is 5.73 Å². The summed E-state index contributed by atoms with van der Waals surface area (Å²) < 4.78 is 1.19. The number of primary amides is 1. The third-order valence-electron chi connectivity index (χ3n) is 2.68. The molecular weight excluding hydrogens is 426 g/mol. The predicted molar refractivity (Wildman–Crippen MR) is 76.4 cm³/mol. The van der Waals surface area contributed by atoms with Crippen LogP contribution in [0.1, 0.15) is 17.4 Å². The molecule has 0 radical (unpaired) electrons. The molecule has 0 atom stereocenters. The van der Waals surface area contributed by atoms with E-state index in [1.165, 1.54) is 34.6 Å². The number of nitrogens with two attached hydrogens (primary N) is 1. The Labute approximate surface area is 127 Å². The molecule has 0 saturated heterocycles. The van der Waals surface area contributed by atoms with Crippen LogP contribution >= 0.6 is 11.3 Å². The van der Waals surface area contributed by atoms with Crippen molar-refractivity contribution in [3.63, 3.8) is 0 Å². The number of carbonyl (C=O) groups is 1. The zero-order valence-corrected chi connectivity index (χ0v) is 14.1. The van der Waals surface area contributed by atoms with Gasteiger partial charge in [-0.2, -0.15) is 0 Å². The molecule has 2 aromatic rings. The second kappa shape index (κ2) is 5.77. The molecular formula is C15H12NOSW-. The van der Waals surface area contributed by atoms with Crippen LogP contribution in [0.15, 0.2) is 36.4 Å². The zero-order valence-electron chi connectivity index (χ0n) is 10.3. The van der Waals surface area contributed by atoms with Gasteiger partial charge < -0.3 is 0 Å². The summed E-state index contributed by atoms with van der Waals surface area (Å²) in [5, 5.41) is 0. The summed E-state index contributed by atoms with van der Waals surface area (Å²) in [5.41, 5.74) is 7.57. The number of rotatable bonds is 4. The van der Waals surface area contributed by atoms with E-state index in [1.54, 1.807) is 0 Å². The molecule has 19 heavy (non-hydrogen) atoms. The van der Waals surface area contributed by atoms with Gasteiger partial charge in [-0.05, 0) is 0 Å². The molecule has 0 saturated carbocycles. The second-order valence-corrected chi connectivity index (χ2v) is 7.31. The molecule has 0 fully saturated rings. The van der Waals surface area contributed by atoms with Gasteiger partial charge in [0, 0.05) is 0 Å². The Morgan fingerprint density at radius 3 is 2.47 bits per heavy atom. The molecule has 0 aliphatic rings. The fourth-order valence-electron chi connectivity index (χ4n) is 1.71. The molecule has 1 heterocycles. The first kappa shape index (κ1) is 14.1. The van der Waals surface area contributed by atoms with Gasteiger partial charge in [-0.15, -0.1) is 0 Å². The monoisotopic (exact) mass is 438 g/mol. The van der Waals surface area contributed by atoms with Gasteiger partial charge in [0.1, 0.15) is 0 Å². The number of carbonyl (C=O) groups excluding carboxylic acids is 1. The van der Waals surface area contributed by atoms with E-state index >= 15 is 0 Å². The Morgan fingerprint density at radius 2 is 1.95 bits per heavy atom. The van der Waals surface area contributed by atoms with Crippen LogP contribution < -0.4 is 5.73 Å². The van der Waals surface area contributed by atoms with Crippen LogP contribution in [0.5, 0.6) is 0 Å². The number of amides is 1. The topological polar surface area (TPSA) is 43.1 Å². The SMILES string of the molecule is [CH-]=C(C(N)=O)c1sc(-c2ccccc2)cc1[C](C)=[W]. The van der Waals surface area contributed by atoms with Crippen LogP contribution in [0.2, 0.25) is 0 Å². The van der Waals surface area contributed by atoms with Gasteiger partial charge in [-0.3, -0.25) is 0 Å². The third kappa shape index (κ3) is 2.99. The molecule has 2 nitrogen and oxygen atoms in total. The Kier molecular flexibility index (Phi) is 4.28. The number of hydrogen-bond acceptors (Lipinski definition) is 2. The van der Waals surface area contributed by atoms with E-state index in [-0.39, 0.29) is 5.57 Å². The average molecular weight is 438 g/mol. The van der Waals surface area contributed by atoms with E-state index in [0.29, 0.717) is 0 Å². The molecule has 0 aliphatic carbocycles. The first-order chi connectivity index (χ1) is 9.00. The van der Waals surface area contributed by atoms with Gasteiger partial charge in [0.2, 0.25) is 0 Å². The normalized spacial score (nSPS) is 10.2. The number of benzene rings is 1. The second-order valence-electron chi connectivity index (χ2n) is 4.05. The van der Waals surface area contributed by atoms with Crippen LogP contribution in [0.3, 0.4) is 0 Å². The summed E-state index contributed by atoms with van der Waals surface area (Å²) in [7, 11) is 0. The van der Waals surface area contributed by atoms with Gasteiger partial charge in [-0.25, -0.2) is 0 Å². The maximum atomic E-state index is 11.3. The zero-order chi connectivity index (χ0) is 14.0. The minimum absolute atomic E-state index is 0.141. The molecule has 0 unspecified atom stereocenters. The van der Waals surface area contributed by atoms with E-state index in [4.69, 9.17) is 12.3 Å². The fraction of sp³-hybridized carbons (Fsp3) is 0.0667. The van der Waals surface area contributed by atoms with Crippen molar-refractivity contribution >= 4 is 26.7 Å². The first-order valence-electron chi connectivity index (χ1n) is 5.63. The molecule has 1 aromatic heterocycles. The predicted octanol–water partition coefficient (Wildman–Crippen LogP) is 2.80. The summed E-state index contributed by atoms with van der Waals surface area (Å²) in [6, 6.07) is 12.1. The van der Waals surface area contributed by atoms with Gasteiger partial charge in [0.05, 0.1) is 0 Å². The van der Waals surface area contributed by atoms with Crippen LogP contribution in [0.25, 0.3) is 16.0 Å². The summed E-state index contributed by atoms with van der Waals surface area (Å²) in [6.07, 6.45) is 0. The van der Waals surface area contributed by atoms with Crippen molar-refractivity contribution in [1.82, 2.24) is 0 Å². The van der Waals surface area contributed by atoms with Gasteiger partial charge in [0.15, 0.2) is 0 Å². The Bertz CT molecular complexity index is 658. The number of thiophene rings is 1. The summed E-state index contributed by atoms with van der Waals surface area (Å²) >= 11 is 2.86. The fourth-order valence-corrected chi connectivity index (χ4v) is 3.73. The van der Waals surface area contributed by atoms with Crippen molar-refractivity contribution in [3.8, 4) is 10.4 Å². The quantitative estimate of drug-likeness (QED) is 0.580. The van der Waals surface area contributed by atoms with Crippen molar-refractivity contribution in [1.29, 1.82) is 0 Å². The van der Waals surface area contributed by atoms with Gasteiger partial charge in [-0.1, -0.05) is 0 Å². The van der Waals surface area contributed by atoms with E-state index in [1.807, 2.05) is 37.3 Å². The molecule has 0 spiro atoms. The Balaban J connectivity index is 2.56. The molecule has 4 heteroatoms. The summed E-state index contributed by atoms with van der Waals surface area (Å²) in [5.74, 6) is -0.570. The molecule has 96 valence electrons. The van der Waals surface area contributed by atoms with Crippen molar-refractivity contribution < 1.29 is 24.1 Å². The van der Waals surface area contributed by atoms with Crippen molar-refractivity contribution in [2.45, 2.75) is 6.92 Å². The van der Waals surface area contributed by atoms with Gasteiger partial charge in [0.25, 0.3) is 0 Å². The average Bonchev–Trinajstić information content (AvgIpc) is 2.83. The summed E-state index contributed by atoms with van der Waals surface area (Å²) in [4.78, 5) is 13.2. The molecule has 1 aromatic carbocycles. The standard InChI is InChI=1S/C15H12NOS.W/c1-3-11-9-13(12-7-5-4-6-8-12)18-14(11)10(2)15(16)17;/h2,4-9H,1H3,(H2,16,17);/q-1;. The molecule has 2 rings (SSSR count). The van der Waals surface area contributed by atoms with Crippen molar-refractivity contribution in [2.75, 3.05) is 0 Å². The van der Waals surface area contributed by atoms with E-state index in [2.05, 4.69) is 6.07 Å². The van der Waals surface area contributed by atoms with Crippen LogP contribution in [-0.2, 0) is 24.1 Å². The number of hydrogen-bond donors (Lipinski definition) is 1. The van der Waals surface area contributed by atoms with Crippen molar-refractivity contribution in [3.05, 3.63) is 53.4 Å². The van der Waals surface area contributed by atoms with Crippen LogP contribution in [0, 0.1) is 6.58 Å². The Morgan fingerprint density at radius 1 is 1.32 bits per heavy atom. The van der Waals surface area contributed by atoms with E-state index in [9.17, 15) is 4.79 Å². The van der Waals surface area contributed by atoms with E-state index in [0.717, 1.165) is 20.9 Å². The first-order valence-corrected chi connectivity index (χ1v) is 7.92. The Hall–Kier alpha value is -1.31. The van der Waals surface area contributed by atoms with Gasteiger partial charge >= 0.3 is 127 Å².